The van der Waals surface area contributed by atoms with Crippen molar-refractivity contribution < 1.29 is 0 Å². The Morgan fingerprint density at radius 3 is 3.00 bits per heavy atom. The van der Waals surface area contributed by atoms with Crippen LogP contribution in [-0.2, 0) is 0 Å². The van der Waals surface area contributed by atoms with Crippen LogP contribution in [0.15, 0.2) is 22.5 Å². The fraction of sp³-hybridized carbons (Fsp3) is 0. The number of rotatable bonds is 1. The fourth-order valence-corrected chi connectivity index (χ4v) is 2.86. The normalized spacial score (nSPS) is 10.2. The summed E-state index contributed by atoms with van der Waals surface area (Å²) >= 11 is 1.99. The Labute approximate surface area is 74.4 Å². The molecule has 2 heterocycles. The van der Waals surface area contributed by atoms with Gasteiger partial charge >= 0.3 is 74.3 Å². The number of anilines is 1. The van der Waals surface area contributed by atoms with Gasteiger partial charge < -0.3 is 0 Å². The number of hydrogen-bond donors (Lipinski definition) is 1. The summed E-state index contributed by atoms with van der Waals surface area (Å²) in [6, 6.07) is 4.09. The average molecular weight is 229 g/mol. The van der Waals surface area contributed by atoms with Crippen LogP contribution in [0.2, 0.25) is 0 Å². The van der Waals surface area contributed by atoms with E-state index in [0.29, 0.717) is 14.5 Å². The second-order valence-electron chi connectivity index (χ2n) is 2.05. The van der Waals surface area contributed by atoms with E-state index < -0.39 is 0 Å². The first-order valence-electron chi connectivity index (χ1n) is 3.11. The molecule has 0 aliphatic heterocycles. The van der Waals surface area contributed by atoms with Crippen molar-refractivity contribution in [2.75, 3.05) is 5.73 Å². The minimum absolute atomic E-state index is 0.291. The molecular formula is C7H6N2SSe. The Hall–Kier alpha value is -0.571. The first-order chi connectivity index (χ1) is 5.36. The summed E-state index contributed by atoms with van der Waals surface area (Å²) in [5, 5.41) is 2.05. The molecule has 2 nitrogen and oxygen atoms in total. The van der Waals surface area contributed by atoms with Crippen molar-refractivity contribution >= 4 is 30.5 Å². The van der Waals surface area contributed by atoms with Gasteiger partial charge in [-0.25, -0.2) is 0 Å². The summed E-state index contributed by atoms with van der Waals surface area (Å²) in [6.07, 6.45) is 0. The van der Waals surface area contributed by atoms with Gasteiger partial charge in [-0.15, -0.1) is 0 Å². The van der Waals surface area contributed by atoms with Crippen molar-refractivity contribution in [1.29, 1.82) is 0 Å². The van der Waals surface area contributed by atoms with E-state index in [4.69, 9.17) is 5.73 Å². The first kappa shape index (κ1) is 7.10. The van der Waals surface area contributed by atoms with Gasteiger partial charge in [0.05, 0.1) is 0 Å². The van der Waals surface area contributed by atoms with E-state index in [0.717, 1.165) is 10.4 Å². The molecule has 11 heavy (non-hydrogen) atoms. The van der Waals surface area contributed by atoms with Crippen molar-refractivity contribution in [3.8, 4) is 10.6 Å². The quantitative estimate of drug-likeness (QED) is 0.751. The zero-order valence-electron chi connectivity index (χ0n) is 5.65. The molecule has 0 aromatic carbocycles. The third kappa shape index (κ3) is 1.38. The van der Waals surface area contributed by atoms with Crippen LogP contribution < -0.4 is 5.73 Å². The van der Waals surface area contributed by atoms with Crippen molar-refractivity contribution in [3.05, 3.63) is 22.5 Å². The van der Waals surface area contributed by atoms with Gasteiger partial charge in [0.25, 0.3) is 0 Å². The van der Waals surface area contributed by atoms with Crippen LogP contribution in [0.5, 0.6) is 0 Å². The van der Waals surface area contributed by atoms with E-state index in [1.165, 1.54) is 4.88 Å². The molecule has 2 N–H and O–H groups in total. The van der Waals surface area contributed by atoms with Crippen LogP contribution in [0.1, 0.15) is 0 Å². The van der Waals surface area contributed by atoms with Gasteiger partial charge in [-0.2, -0.15) is 0 Å². The Balaban J connectivity index is 2.45. The van der Waals surface area contributed by atoms with Crippen molar-refractivity contribution in [3.63, 3.8) is 0 Å². The predicted octanol–water partition coefficient (Wildman–Crippen LogP) is 1.45. The van der Waals surface area contributed by atoms with Crippen molar-refractivity contribution in [1.82, 2.24) is 4.98 Å². The molecule has 0 atom stereocenters. The van der Waals surface area contributed by atoms with Gasteiger partial charge in [-0.3, -0.25) is 0 Å². The maximum absolute atomic E-state index is 5.56. The van der Waals surface area contributed by atoms with Gasteiger partial charge in [-0.05, 0) is 0 Å². The van der Waals surface area contributed by atoms with Gasteiger partial charge in [0.15, 0.2) is 0 Å². The summed E-state index contributed by atoms with van der Waals surface area (Å²) in [6.45, 7) is 0. The molecule has 2 rings (SSSR count). The maximum atomic E-state index is 5.56. The van der Waals surface area contributed by atoms with Gasteiger partial charge in [0.1, 0.15) is 0 Å². The van der Waals surface area contributed by atoms with Gasteiger partial charge in [-0.1, -0.05) is 0 Å². The average Bonchev–Trinajstić information content (AvgIpc) is 2.55. The second-order valence-corrected chi connectivity index (χ2v) is 4.86. The fourth-order valence-electron chi connectivity index (χ4n) is 0.825. The summed E-state index contributed by atoms with van der Waals surface area (Å²) in [7, 11) is 0. The van der Waals surface area contributed by atoms with Crippen LogP contribution in [0.3, 0.4) is 0 Å². The SMILES string of the molecule is Nc1nc(-c2cccs2)c[se]1. The first-order valence-corrected chi connectivity index (χ1v) is 5.83. The number of nitrogen functional groups attached to an aromatic ring is 1. The zero-order valence-corrected chi connectivity index (χ0v) is 8.18. The van der Waals surface area contributed by atoms with Crippen LogP contribution in [0, 0.1) is 0 Å². The molecule has 0 aliphatic rings. The third-order valence-electron chi connectivity index (χ3n) is 1.30. The number of nitrogens with zero attached hydrogens (tertiary/aromatic N) is 1. The molecule has 0 unspecified atom stereocenters. The summed E-state index contributed by atoms with van der Waals surface area (Å²) in [5.41, 5.74) is 6.61. The molecule has 56 valence electrons. The van der Waals surface area contributed by atoms with Gasteiger partial charge in [0.2, 0.25) is 0 Å². The number of nitrogens with two attached hydrogens (primary N) is 1. The molecule has 0 aliphatic carbocycles. The minimum atomic E-state index is 0.291. The predicted molar refractivity (Wildman–Crippen MR) is 48.9 cm³/mol. The molecule has 0 spiro atoms. The Bertz CT molecular complexity index is 339. The summed E-state index contributed by atoms with van der Waals surface area (Å²) in [4.78, 5) is 7.56. The van der Waals surface area contributed by atoms with Crippen molar-refractivity contribution in [2.45, 2.75) is 0 Å². The van der Waals surface area contributed by atoms with Gasteiger partial charge in [0, 0.05) is 0 Å². The second kappa shape index (κ2) is 2.81. The van der Waals surface area contributed by atoms with Crippen LogP contribution >= 0.6 is 11.3 Å². The molecular weight excluding hydrogens is 223 g/mol. The molecule has 0 fully saturated rings. The van der Waals surface area contributed by atoms with E-state index in [1.807, 2.05) is 11.4 Å². The topological polar surface area (TPSA) is 38.9 Å². The molecule has 0 saturated carbocycles. The number of aromatic nitrogens is 1. The molecule has 0 amide bonds. The van der Waals surface area contributed by atoms with E-state index in [9.17, 15) is 0 Å². The van der Waals surface area contributed by atoms with Crippen LogP contribution in [-0.4, -0.2) is 19.5 Å². The molecule has 2 aromatic rings. The van der Waals surface area contributed by atoms with E-state index in [-0.39, 0.29) is 0 Å². The third-order valence-corrected chi connectivity index (χ3v) is 3.60. The Morgan fingerprint density at radius 2 is 2.45 bits per heavy atom. The van der Waals surface area contributed by atoms with E-state index in [1.54, 1.807) is 11.3 Å². The Kier molecular flexibility index (Phi) is 1.82. The molecule has 2 aromatic heterocycles. The summed E-state index contributed by atoms with van der Waals surface area (Å²) < 4.78 is 0.779. The zero-order chi connectivity index (χ0) is 7.68. The summed E-state index contributed by atoms with van der Waals surface area (Å²) in [5.74, 6) is 0. The number of thiophene rings is 1. The molecule has 0 bridgehead atoms. The van der Waals surface area contributed by atoms with Crippen LogP contribution in [0.25, 0.3) is 10.6 Å². The standard InChI is InChI=1S/C7H6N2SSe/c8-7-9-5(4-11-7)6-2-1-3-10-6/h1-4H,(H2,8,9). The Morgan fingerprint density at radius 1 is 1.55 bits per heavy atom. The van der Waals surface area contributed by atoms with E-state index >= 15 is 0 Å². The van der Waals surface area contributed by atoms with Crippen LogP contribution in [0.4, 0.5) is 4.69 Å². The molecule has 0 radical (unpaired) electrons. The molecule has 0 saturated heterocycles. The molecule has 4 heteroatoms. The van der Waals surface area contributed by atoms with E-state index in [2.05, 4.69) is 16.0 Å². The van der Waals surface area contributed by atoms with Crippen molar-refractivity contribution in [2.24, 2.45) is 0 Å². The monoisotopic (exact) mass is 230 g/mol. The number of hydrogen-bond acceptors (Lipinski definition) is 3.